The van der Waals surface area contributed by atoms with Gasteiger partial charge in [0, 0.05) is 18.8 Å². The molecule has 27 heavy (non-hydrogen) atoms. The number of ether oxygens (including phenoxy) is 1. The van der Waals surface area contributed by atoms with Gasteiger partial charge in [-0.3, -0.25) is 9.59 Å². The van der Waals surface area contributed by atoms with Crippen LogP contribution in [0.3, 0.4) is 0 Å². The number of piperidine rings is 1. The summed E-state index contributed by atoms with van der Waals surface area (Å²) >= 11 is 0. The minimum absolute atomic E-state index is 0.0532. The molecular weight excluding hydrogens is 368 g/mol. The first-order chi connectivity index (χ1) is 12.8. The Morgan fingerprint density at radius 3 is 2.26 bits per heavy atom. The molecule has 1 aliphatic carbocycles. The van der Waals surface area contributed by atoms with Crippen LogP contribution in [0.2, 0.25) is 0 Å². The van der Waals surface area contributed by atoms with Crippen LogP contribution in [0.25, 0.3) is 0 Å². The Labute approximate surface area is 160 Å². The highest BCUT2D eigenvalue weighted by Crippen LogP contribution is 2.30. The van der Waals surface area contributed by atoms with Crippen molar-refractivity contribution in [3.8, 4) is 0 Å². The number of sulfonamides is 1. The summed E-state index contributed by atoms with van der Waals surface area (Å²) in [5, 5.41) is 2.60. The molecular formula is C19H26N2O5S. The maximum Gasteiger partial charge on any atom is 0.309 e. The Kier molecular flexibility index (Phi) is 5.86. The van der Waals surface area contributed by atoms with Crippen LogP contribution in [0, 0.1) is 17.8 Å². The molecule has 148 valence electrons. The van der Waals surface area contributed by atoms with Crippen molar-refractivity contribution in [1.82, 2.24) is 4.31 Å². The van der Waals surface area contributed by atoms with Crippen molar-refractivity contribution >= 4 is 27.6 Å². The van der Waals surface area contributed by atoms with Crippen molar-refractivity contribution in [2.45, 2.75) is 38.0 Å². The fourth-order valence-corrected chi connectivity index (χ4v) is 5.11. The van der Waals surface area contributed by atoms with E-state index in [1.54, 1.807) is 12.1 Å². The molecule has 0 aromatic heterocycles. The van der Waals surface area contributed by atoms with E-state index in [1.165, 1.54) is 16.4 Å². The van der Waals surface area contributed by atoms with Gasteiger partial charge in [-0.2, -0.15) is 4.31 Å². The molecule has 3 rings (SSSR count). The summed E-state index contributed by atoms with van der Waals surface area (Å²) in [7, 11) is -3.55. The average molecular weight is 394 g/mol. The van der Waals surface area contributed by atoms with Gasteiger partial charge < -0.3 is 10.1 Å². The topological polar surface area (TPSA) is 92.8 Å². The third-order valence-electron chi connectivity index (χ3n) is 4.87. The van der Waals surface area contributed by atoms with Crippen LogP contribution in [-0.2, 0) is 24.3 Å². The van der Waals surface area contributed by atoms with Crippen molar-refractivity contribution in [1.29, 1.82) is 0 Å². The summed E-state index contributed by atoms with van der Waals surface area (Å²) in [6.45, 7) is 4.84. The molecule has 1 amide bonds. The van der Waals surface area contributed by atoms with Gasteiger partial charge in [0.1, 0.15) is 0 Å². The van der Waals surface area contributed by atoms with Crippen molar-refractivity contribution < 1.29 is 22.7 Å². The van der Waals surface area contributed by atoms with E-state index in [2.05, 4.69) is 19.2 Å². The number of esters is 1. The number of amides is 1. The van der Waals surface area contributed by atoms with E-state index in [1.807, 2.05) is 0 Å². The second kappa shape index (κ2) is 7.98. The van der Waals surface area contributed by atoms with Crippen LogP contribution in [0.15, 0.2) is 29.2 Å². The highest BCUT2D eigenvalue weighted by atomic mass is 32.2. The number of nitrogens with one attached hydrogen (secondary N) is 1. The number of nitrogens with zero attached hydrogens (tertiary/aromatic N) is 1. The van der Waals surface area contributed by atoms with E-state index in [0.717, 1.165) is 19.3 Å². The van der Waals surface area contributed by atoms with Crippen LogP contribution in [0.1, 0.15) is 33.1 Å². The lowest BCUT2D eigenvalue weighted by molar-refractivity contribution is -0.148. The van der Waals surface area contributed by atoms with E-state index in [-0.39, 0.29) is 23.4 Å². The minimum atomic E-state index is -3.55. The fourth-order valence-electron chi connectivity index (χ4n) is 3.43. The van der Waals surface area contributed by atoms with Crippen molar-refractivity contribution in [2.75, 3.05) is 25.0 Å². The summed E-state index contributed by atoms with van der Waals surface area (Å²) < 4.78 is 32.1. The smallest absolute Gasteiger partial charge is 0.309 e. The predicted octanol–water partition coefficient (Wildman–Crippen LogP) is 2.24. The summed E-state index contributed by atoms with van der Waals surface area (Å²) in [6, 6.07) is 6.07. The van der Waals surface area contributed by atoms with Gasteiger partial charge in [-0.05, 0) is 55.4 Å². The number of hydrogen-bond donors (Lipinski definition) is 1. The van der Waals surface area contributed by atoms with E-state index in [4.69, 9.17) is 4.74 Å². The molecule has 2 atom stereocenters. The van der Waals surface area contributed by atoms with Gasteiger partial charge in [-0.1, -0.05) is 13.8 Å². The summed E-state index contributed by atoms with van der Waals surface area (Å²) in [5.41, 5.74) is 0.460. The van der Waals surface area contributed by atoms with Crippen LogP contribution >= 0.6 is 0 Å². The molecule has 0 unspecified atom stereocenters. The zero-order chi connectivity index (χ0) is 19.6. The van der Waals surface area contributed by atoms with E-state index in [0.29, 0.717) is 30.6 Å². The molecule has 1 aromatic carbocycles. The van der Waals surface area contributed by atoms with Crippen molar-refractivity contribution in [2.24, 2.45) is 17.8 Å². The van der Waals surface area contributed by atoms with Crippen LogP contribution < -0.4 is 5.32 Å². The quantitative estimate of drug-likeness (QED) is 0.747. The third kappa shape index (κ3) is 5.07. The number of anilines is 1. The Morgan fingerprint density at radius 2 is 1.70 bits per heavy atom. The lowest BCUT2D eigenvalue weighted by atomic mass is 9.94. The monoisotopic (exact) mass is 394 g/mol. The van der Waals surface area contributed by atoms with Gasteiger partial charge in [0.05, 0.1) is 10.8 Å². The number of rotatable bonds is 6. The number of carbonyl (C=O) groups excluding carboxylic acids is 2. The fraction of sp³-hybridized carbons (Fsp3) is 0.579. The molecule has 1 aromatic rings. The van der Waals surface area contributed by atoms with E-state index >= 15 is 0 Å². The number of carbonyl (C=O) groups is 2. The first-order valence-corrected chi connectivity index (χ1v) is 10.8. The van der Waals surface area contributed by atoms with Crippen LogP contribution in [0.5, 0.6) is 0 Å². The Hall–Kier alpha value is -1.93. The van der Waals surface area contributed by atoms with Gasteiger partial charge >= 0.3 is 5.97 Å². The largest absolute Gasteiger partial charge is 0.455 e. The second-order valence-corrected chi connectivity index (χ2v) is 9.66. The normalized spacial score (nSPS) is 23.6. The molecule has 1 heterocycles. The van der Waals surface area contributed by atoms with Gasteiger partial charge in [-0.25, -0.2) is 8.42 Å². The second-order valence-electron chi connectivity index (χ2n) is 7.72. The molecule has 1 saturated carbocycles. The molecule has 2 fully saturated rings. The third-order valence-corrected chi connectivity index (χ3v) is 6.71. The summed E-state index contributed by atoms with van der Waals surface area (Å²) in [4.78, 5) is 23.5. The summed E-state index contributed by atoms with van der Waals surface area (Å²) in [6.07, 6.45) is 2.68. The van der Waals surface area contributed by atoms with Crippen LogP contribution in [-0.4, -0.2) is 44.3 Å². The van der Waals surface area contributed by atoms with Gasteiger partial charge in [0.15, 0.2) is 6.61 Å². The zero-order valence-electron chi connectivity index (χ0n) is 15.7. The van der Waals surface area contributed by atoms with E-state index < -0.39 is 15.9 Å². The van der Waals surface area contributed by atoms with Crippen molar-refractivity contribution in [3.05, 3.63) is 24.3 Å². The molecule has 1 aliphatic heterocycles. The highest BCUT2D eigenvalue weighted by Gasteiger charge is 2.32. The average Bonchev–Trinajstić information content (AvgIpc) is 3.44. The predicted molar refractivity (Wildman–Crippen MR) is 100 cm³/mol. The standard InChI is InChI=1S/C19H26N2O5S/c1-13-9-14(2)11-21(10-13)27(24,25)17-7-5-16(6-8-17)20-18(22)12-26-19(23)15-3-4-15/h5-8,13-15H,3-4,9-12H2,1-2H3,(H,20,22)/t13-,14+. The Balaban J connectivity index is 1.58. The SMILES string of the molecule is C[C@@H]1C[C@H](C)CN(S(=O)(=O)c2ccc(NC(=O)COC(=O)C3CC3)cc2)C1. The van der Waals surface area contributed by atoms with Crippen LogP contribution in [0.4, 0.5) is 5.69 Å². The molecule has 1 N–H and O–H groups in total. The van der Waals surface area contributed by atoms with Crippen molar-refractivity contribution in [3.63, 3.8) is 0 Å². The lowest BCUT2D eigenvalue weighted by Crippen LogP contribution is -2.42. The molecule has 0 bridgehead atoms. The number of hydrogen-bond acceptors (Lipinski definition) is 5. The Bertz CT molecular complexity index is 792. The molecule has 7 nitrogen and oxygen atoms in total. The van der Waals surface area contributed by atoms with Gasteiger partial charge in [0.25, 0.3) is 5.91 Å². The first kappa shape index (κ1) is 19.8. The molecule has 0 radical (unpaired) electrons. The Morgan fingerprint density at radius 1 is 1.11 bits per heavy atom. The molecule has 1 saturated heterocycles. The maximum absolute atomic E-state index is 12.8. The highest BCUT2D eigenvalue weighted by molar-refractivity contribution is 7.89. The van der Waals surface area contributed by atoms with Gasteiger partial charge in [0.2, 0.25) is 10.0 Å². The van der Waals surface area contributed by atoms with Gasteiger partial charge in [-0.15, -0.1) is 0 Å². The molecule has 0 spiro atoms. The maximum atomic E-state index is 12.8. The molecule has 8 heteroatoms. The molecule has 2 aliphatic rings. The first-order valence-electron chi connectivity index (χ1n) is 9.32. The van der Waals surface area contributed by atoms with E-state index in [9.17, 15) is 18.0 Å². The minimum Gasteiger partial charge on any atom is -0.455 e. The lowest BCUT2D eigenvalue weighted by Gasteiger charge is -2.34. The zero-order valence-corrected chi connectivity index (χ0v) is 16.5. The summed E-state index contributed by atoms with van der Waals surface area (Å²) in [5.74, 6) is -0.168. The number of benzene rings is 1.